The molecule has 0 aliphatic carbocycles. The van der Waals surface area contributed by atoms with Gasteiger partial charge >= 0.3 is 0 Å². The third-order valence-corrected chi connectivity index (χ3v) is 4.92. The molecule has 1 amide bonds. The molecular weight excluding hydrogens is 324 g/mol. The zero-order valence-corrected chi connectivity index (χ0v) is 15.1. The average Bonchev–Trinajstić information content (AvgIpc) is 3.26. The summed E-state index contributed by atoms with van der Waals surface area (Å²) < 4.78 is 0. The van der Waals surface area contributed by atoms with E-state index < -0.39 is 0 Å². The van der Waals surface area contributed by atoms with Crippen molar-refractivity contribution in [3.8, 4) is 0 Å². The number of amides is 1. The first-order valence-corrected chi connectivity index (χ1v) is 9.16. The second-order valence-corrected chi connectivity index (χ2v) is 7.20. The van der Waals surface area contributed by atoms with Gasteiger partial charge in [0.2, 0.25) is 11.1 Å². The fourth-order valence-corrected chi connectivity index (χ4v) is 3.21. The second-order valence-electron chi connectivity index (χ2n) is 6.14. The highest BCUT2D eigenvalue weighted by Crippen LogP contribution is 2.22. The molecule has 24 heavy (non-hydrogen) atoms. The highest BCUT2D eigenvalue weighted by atomic mass is 32.1. The third-order valence-electron chi connectivity index (χ3n) is 3.94. The number of aromatic nitrogens is 4. The van der Waals surface area contributed by atoms with E-state index in [-0.39, 0.29) is 11.8 Å². The summed E-state index contributed by atoms with van der Waals surface area (Å²) in [5.41, 5.74) is 1.26. The lowest BCUT2D eigenvalue weighted by Crippen LogP contribution is -2.23. The van der Waals surface area contributed by atoms with Crippen LogP contribution in [-0.4, -0.2) is 39.2 Å². The van der Waals surface area contributed by atoms with E-state index in [0.717, 1.165) is 43.1 Å². The van der Waals surface area contributed by atoms with Crippen LogP contribution in [0.1, 0.15) is 60.7 Å². The minimum absolute atomic E-state index is 0.231. The van der Waals surface area contributed by atoms with E-state index in [4.69, 9.17) is 0 Å². The number of carbonyl (C=O) groups excluding carboxylic acids is 1. The molecule has 3 rings (SSSR count). The van der Waals surface area contributed by atoms with E-state index in [1.165, 1.54) is 11.3 Å². The Morgan fingerprint density at radius 1 is 1.29 bits per heavy atom. The first kappa shape index (κ1) is 16.8. The van der Waals surface area contributed by atoms with E-state index in [9.17, 15) is 4.79 Å². The summed E-state index contributed by atoms with van der Waals surface area (Å²) in [6.07, 6.45) is 3.08. The molecule has 7 nitrogen and oxygen atoms in total. The van der Waals surface area contributed by atoms with Gasteiger partial charge in [-0.1, -0.05) is 32.1 Å². The van der Waals surface area contributed by atoms with Crippen molar-refractivity contribution in [3.63, 3.8) is 0 Å². The molecule has 1 aliphatic rings. The largest absolute Gasteiger partial charge is 0.341 e. The Morgan fingerprint density at radius 3 is 2.67 bits per heavy atom. The molecule has 1 saturated heterocycles. The van der Waals surface area contributed by atoms with Crippen molar-refractivity contribution in [2.45, 2.75) is 46.0 Å². The van der Waals surface area contributed by atoms with Crippen LogP contribution in [0.4, 0.5) is 11.1 Å². The standard InChI is InChI=1S/C16H22N6OS/c1-4-13-20-21-16(24-13)19-14(23)12-9-11(10(2)3)17-15(18-12)22-7-5-6-8-22/h9-10H,4-8H2,1-3H3,(H,19,21,23). The molecule has 2 aromatic rings. The number of hydrogen-bond acceptors (Lipinski definition) is 7. The Kier molecular flexibility index (Phi) is 5.03. The molecule has 1 fully saturated rings. The molecule has 0 bridgehead atoms. The monoisotopic (exact) mass is 346 g/mol. The highest BCUT2D eigenvalue weighted by molar-refractivity contribution is 7.15. The fourth-order valence-electron chi connectivity index (χ4n) is 2.53. The summed E-state index contributed by atoms with van der Waals surface area (Å²) in [4.78, 5) is 23.8. The molecule has 1 N–H and O–H groups in total. The van der Waals surface area contributed by atoms with Crippen molar-refractivity contribution in [1.82, 2.24) is 20.2 Å². The SMILES string of the molecule is CCc1nnc(NC(=O)c2cc(C(C)C)nc(N3CCCC3)n2)s1. The van der Waals surface area contributed by atoms with Gasteiger partial charge in [0.15, 0.2) is 0 Å². The first-order chi connectivity index (χ1) is 11.6. The van der Waals surface area contributed by atoms with Gasteiger partial charge in [0.25, 0.3) is 5.91 Å². The Morgan fingerprint density at radius 2 is 2.04 bits per heavy atom. The van der Waals surface area contributed by atoms with Gasteiger partial charge in [0.05, 0.1) is 0 Å². The Labute approximate surface area is 145 Å². The topological polar surface area (TPSA) is 83.9 Å². The summed E-state index contributed by atoms with van der Waals surface area (Å²) in [6, 6.07) is 1.77. The van der Waals surface area contributed by atoms with E-state index in [1.54, 1.807) is 6.07 Å². The molecule has 0 atom stereocenters. The van der Waals surface area contributed by atoms with Crippen molar-refractivity contribution in [1.29, 1.82) is 0 Å². The van der Waals surface area contributed by atoms with E-state index >= 15 is 0 Å². The smallest absolute Gasteiger partial charge is 0.276 e. The Hall–Kier alpha value is -2.09. The van der Waals surface area contributed by atoms with E-state index in [1.807, 2.05) is 6.92 Å². The van der Waals surface area contributed by atoms with Crippen molar-refractivity contribution in [2.24, 2.45) is 0 Å². The zero-order chi connectivity index (χ0) is 17.1. The summed E-state index contributed by atoms with van der Waals surface area (Å²) in [7, 11) is 0. The predicted molar refractivity (Wildman–Crippen MR) is 94.8 cm³/mol. The molecule has 0 unspecified atom stereocenters. The fraction of sp³-hybridized carbons (Fsp3) is 0.562. The van der Waals surface area contributed by atoms with Crippen LogP contribution < -0.4 is 10.2 Å². The van der Waals surface area contributed by atoms with Crippen molar-refractivity contribution < 1.29 is 4.79 Å². The number of rotatable bonds is 5. The maximum Gasteiger partial charge on any atom is 0.276 e. The van der Waals surface area contributed by atoms with Gasteiger partial charge in [-0.05, 0) is 31.2 Å². The van der Waals surface area contributed by atoms with Gasteiger partial charge in [0, 0.05) is 18.8 Å². The first-order valence-electron chi connectivity index (χ1n) is 8.34. The maximum absolute atomic E-state index is 12.6. The van der Waals surface area contributed by atoms with Crippen LogP contribution in [0.25, 0.3) is 0 Å². The number of nitrogens with one attached hydrogen (secondary N) is 1. The summed E-state index contributed by atoms with van der Waals surface area (Å²) in [5.74, 6) is 0.614. The highest BCUT2D eigenvalue weighted by Gasteiger charge is 2.20. The lowest BCUT2D eigenvalue weighted by molar-refractivity contribution is 0.102. The predicted octanol–water partition coefficient (Wildman–Crippen LogP) is 2.87. The molecular formula is C16H22N6OS. The van der Waals surface area contributed by atoms with Gasteiger partial charge < -0.3 is 4.90 Å². The van der Waals surface area contributed by atoms with Gasteiger partial charge in [-0.2, -0.15) is 0 Å². The number of anilines is 2. The lowest BCUT2D eigenvalue weighted by atomic mass is 10.1. The van der Waals surface area contributed by atoms with Crippen LogP contribution in [0, 0.1) is 0 Å². The molecule has 1 aliphatic heterocycles. The summed E-state index contributed by atoms with van der Waals surface area (Å²) in [5, 5.41) is 12.2. The molecule has 128 valence electrons. The minimum atomic E-state index is -0.265. The van der Waals surface area contributed by atoms with E-state index in [2.05, 4.69) is 44.2 Å². The van der Waals surface area contributed by atoms with Crippen LogP contribution >= 0.6 is 11.3 Å². The molecule has 0 saturated carbocycles. The number of aryl methyl sites for hydroxylation is 1. The molecule has 8 heteroatoms. The number of hydrogen-bond donors (Lipinski definition) is 1. The summed E-state index contributed by atoms with van der Waals surface area (Å²) >= 11 is 1.39. The third kappa shape index (κ3) is 3.69. The maximum atomic E-state index is 12.6. The van der Waals surface area contributed by atoms with Gasteiger partial charge in [-0.3, -0.25) is 10.1 Å². The molecule has 0 aromatic carbocycles. The van der Waals surface area contributed by atoms with Gasteiger partial charge in [-0.15, -0.1) is 10.2 Å². The van der Waals surface area contributed by atoms with Crippen LogP contribution in [0.5, 0.6) is 0 Å². The summed E-state index contributed by atoms with van der Waals surface area (Å²) in [6.45, 7) is 8.03. The lowest BCUT2D eigenvalue weighted by Gasteiger charge is -2.17. The van der Waals surface area contributed by atoms with Crippen LogP contribution in [0.2, 0.25) is 0 Å². The van der Waals surface area contributed by atoms with E-state index in [0.29, 0.717) is 16.8 Å². The van der Waals surface area contributed by atoms with Crippen LogP contribution in [0.3, 0.4) is 0 Å². The molecule has 0 spiro atoms. The Bertz CT molecular complexity index is 723. The Balaban J connectivity index is 1.86. The number of carbonyl (C=O) groups is 1. The van der Waals surface area contributed by atoms with Crippen LogP contribution in [0.15, 0.2) is 6.07 Å². The normalized spacial score (nSPS) is 14.4. The van der Waals surface area contributed by atoms with Crippen molar-refractivity contribution in [3.05, 3.63) is 22.5 Å². The quantitative estimate of drug-likeness (QED) is 0.896. The molecule has 3 heterocycles. The molecule has 2 aromatic heterocycles. The minimum Gasteiger partial charge on any atom is -0.341 e. The number of nitrogens with zero attached hydrogens (tertiary/aromatic N) is 5. The van der Waals surface area contributed by atoms with Gasteiger partial charge in [-0.25, -0.2) is 9.97 Å². The molecule has 0 radical (unpaired) electrons. The average molecular weight is 346 g/mol. The van der Waals surface area contributed by atoms with Crippen molar-refractivity contribution >= 4 is 28.3 Å². The van der Waals surface area contributed by atoms with Crippen molar-refractivity contribution in [2.75, 3.05) is 23.3 Å². The van der Waals surface area contributed by atoms with Gasteiger partial charge in [0.1, 0.15) is 10.7 Å². The second kappa shape index (κ2) is 7.21. The zero-order valence-electron chi connectivity index (χ0n) is 14.2. The van der Waals surface area contributed by atoms with Crippen LogP contribution in [-0.2, 0) is 6.42 Å².